The summed E-state index contributed by atoms with van der Waals surface area (Å²) < 4.78 is 7.98. The number of fused-ring (bicyclic) bond motifs is 1. The molecule has 1 amide bonds. The molecule has 1 N–H and O–H groups in total. The summed E-state index contributed by atoms with van der Waals surface area (Å²) in [5.41, 5.74) is 1.41. The van der Waals surface area contributed by atoms with Gasteiger partial charge in [0.2, 0.25) is 5.91 Å². The quantitative estimate of drug-likeness (QED) is 0.677. The first-order valence-electron chi connectivity index (χ1n) is 8.77. The Balaban J connectivity index is 1.55. The number of aryl methyl sites for hydroxylation is 2. The van der Waals surface area contributed by atoms with Gasteiger partial charge in [-0.15, -0.1) is 0 Å². The van der Waals surface area contributed by atoms with E-state index in [4.69, 9.17) is 4.74 Å². The lowest BCUT2D eigenvalue weighted by Gasteiger charge is -2.14. The number of amides is 1. The van der Waals surface area contributed by atoms with Crippen LogP contribution in [0.4, 0.5) is 0 Å². The van der Waals surface area contributed by atoms with Gasteiger partial charge in [0.05, 0.1) is 13.3 Å². The number of carbonyl (C=O) groups excluding carboxylic acids is 1. The number of methoxy groups -OCH3 is 1. The summed E-state index contributed by atoms with van der Waals surface area (Å²) in [4.78, 5) is 28.9. The second-order valence-corrected chi connectivity index (χ2v) is 6.54. The van der Waals surface area contributed by atoms with Gasteiger partial charge in [-0.25, -0.2) is 4.98 Å². The first kappa shape index (κ1) is 18.6. The van der Waals surface area contributed by atoms with Crippen molar-refractivity contribution in [1.29, 1.82) is 0 Å². The maximum Gasteiger partial charge on any atom is 0.264 e. The van der Waals surface area contributed by atoms with Gasteiger partial charge in [-0.05, 0) is 37.5 Å². The van der Waals surface area contributed by atoms with Crippen LogP contribution in [0.5, 0.6) is 5.75 Å². The fraction of sp³-hybridized carbons (Fsp3) is 0.368. The molecule has 8 nitrogen and oxygen atoms in total. The highest BCUT2D eigenvalue weighted by atomic mass is 16.5. The van der Waals surface area contributed by atoms with Crippen LogP contribution in [0.25, 0.3) is 11.0 Å². The molecule has 0 saturated heterocycles. The van der Waals surface area contributed by atoms with Crippen LogP contribution in [0, 0.1) is 0 Å². The van der Waals surface area contributed by atoms with Gasteiger partial charge >= 0.3 is 0 Å². The van der Waals surface area contributed by atoms with Crippen LogP contribution in [-0.4, -0.2) is 38.4 Å². The molecule has 0 spiro atoms. The molecule has 27 heavy (non-hydrogen) atoms. The first-order valence-corrected chi connectivity index (χ1v) is 8.77. The van der Waals surface area contributed by atoms with Crippen molar-refractivity contribution in [3.8, 4) is 5.75 Å². The molecule has 1 aromatic carbocycles. The number of carbonyl (C=O) groups is 1. The van der Waals surface area contributed by atoms with Crippen molar-refractivity contribution in [2.24, 2.45) is 7.05 Å². The maximum absolute atomic E-state index is 12.4. The molecule has 0 aliphatic carbocycles. The normalized spacial score (nSPS) is 12.1. The maximum atomic E-state index is 12.4. The lowest BCUT2D eigenvalue weighted by molar-refractivity contribution is -0.122. The standard InChI is InChI=1S/C19H23N5O3/c1-13(4-5-14-6-8-15(27-3)9-7-14)22-17(25)11-24-12-20-18-16(19(24)26)10-21-23(18)2/h6-10,12-13H,4-5,11H2,1-3H3,(H,22,25)/t13-/m0/s1. The number of hydrogen-bond acceptors (Lipinski definition) is 5. The van der Waals surface area contributed by atoms with Crippen LogP contribution >= 0.6 is 0 Å². The average molecular weight is 369 g/mol. The van der Waals surface area contributed by atoms with E-state index in [2.05, 4.69) is 15.4 Å². The third-order valence-electron chi connectivity index (χ3n) is 4.46. The lowest BCUT2D eigenvalue weighted by Crippen LogP contribution is -2.37. The highest BCUT2D eigenvalue weighted by Gasteiger charge is 2.12. The average Bonchev–Trinajstić information content (AvgIpc) is 3.04. The van der Waals surface area contributed by atoms with Crippen molar-refractivity contribution in [2.45, 2.75) is 32.4 Å². The summed E-state index contributed by atoms with van der Waals surface area (Å²) in [6.45, 7) is 1.89. The summed E-state index contributed by atoms with van der Waals surface area (Å²) in [7, 11) is 3.36. The lowest BCUT2D eigenvalue weighted by atomic mass is 10.1. The highest BCUT2D eigenvalue weighted by molar-refractivity contribution is 5.77. The molecular formula is C19H23N5O3. The molecule has 1 atom stereocenters. The molecule has 0 saturated carbocycles. The Bertz CT molecular complexity index is 991. The molecule has 2 heterocycles. The molecule has 3 aromatic rings. The van der Waals surface area contributed by atoms with Gasteiger partial charge in [0, 0.05) is 13.1 Å². The van der Waals surface area contributed by atoms with Crippen molar-refractivity contribution in [3.05, 3.63) is 52.7 Å². The second kappa shape index (κ2) is 8.03. The third kappa shape index (κ3) is 4.33. The summed E-state index contributed by atoms with van der Waals surface area (Å²) in [6, 6.07) is 7.87. The Kier molecular flexibility index (Phi) is 5.54. The summed E-state index contributed by atoms with van der Waals surface area (Å²) in [5.74, 6) is 0.606. The van der Waals surface area contributed by atoms with Crippen molar-refractivity contribution in [2.75, 3.05) is 7.11 Å². The molecule has 0 unspecified atom stereocenters. The molecule has 2 aromatic heterocycles. The summed E-state index contributed by atoms with van der Waals surface area (Å²) in [6.07, 6.45) is 4.49. The van der Waals surface area contributed by atoms with Crippen LogP contribution < -0.4 is 15.6 Å². The minimum Gasteiger partial charge on any atom is -0.497 e. The zero-order valence-corrected chi connectivity index (χ0v) is 15.7. The molecular weight excluding hydrogens is 346 g/mol. The molecule has 0 aliphatic heterocycles. The minimum atomic E-state index is -0.269. The van der Waals surface area contributed by atoms with E-state index in [1.54, 1.807) is 14.2 Å². The van der Waals surface area contributed by atoms with E-state index in [0.29, 0.717) is 11.0 Å². The number of ether oxygens (including phenoxy) is 1. The van der Waals surface area contributed by atoms with Crippen molar-refractivity contribution < 1.29 is 9.53 Å². The molecule has 8 heteroatoms. The van der Waals surface area contributed by atoms with E-state index in [1.165, 1.54) is 27.3 Å². The van der Waals surface area contributed by atoms with Gasteiger partial charge in [0.15, 0.2) is 5.65 Å². The largest absolute Gasteiger partial charge is 0.497 e. The number of hydrogen-bond donors (Lipinski definition) is 1. The molecule has 3 rings (SSSR count). The van der Waals surface area contributed by atoms with Crippen molar-refractivity contribution in [3.63, 3.8) is 0 Å². The number of rotatable bonds is 7. The van der Waals surface area contributed by atoms with E-state index in [9.17, 15) is 9.59 Å². The Morgan fingerprint density at radius 3 is 2.74 bits per heavy atom. The SMILES string of the molecule is COc1ccc(CC[C@H](C)NC(=O)Cn2cnc3c(cnn3C)c2=O)cc1. The van der Waals surface area contributed by atoms with Gasteiger partial charge in [0.25, 0.3) is 5.56 Å². The number of benzene rings is 1. The Hall–Kier alpha value is -3.16. The van der Waals surface area contributed by atoms with E-state index in [0.717, 1.165) is 18.6 Å². The molecule has 0 fully saturated rings. The highest BCUT2D eigenvalue weighted by Crippen LogP contribution is 2.13. The summed E-state index contributed by atoms with van der Waals surface area (Å²) >= 11 is 0. The predicted octanol–water partition coefficient (Wildman–Crippen LogP) is 1.28. The number of nitrogens with one attached hydrogen (secondary N) is 1. The number of aromatic nitrogens is 4. The van der Waals surface area contributed by atoms with Crippen LogP contribution in [0.3, 0.4) is 0 Å². The van der Waals surface area contributed by atoms with E-state index in [1.807, 2.05) is 31.2 Å². The monoisotopic (exact) mass is 369 g/mol. The van der Waals surface area contributed by atoms with Crippen LogP contribution in [0.1, 0.15) is 18.9 Å². The first-order chi connectivity index (χ1) is 13.0. The smallest absolute Gasteiger partial charge is 0.264 e. The second-order valence-electron chi connectivity index (χ2n) is 6.54. The van der Waals surface area contributed by atoms with Gasteiger partial charge in [-0.1, -0.05) is 12.1 Å². The van der Waals surface area contributed by atoms with Crippen molar-refractivity contribution in [1.82, 2.24) is 24.6 Å². The van der Waals surface area contributed by atoms with E-state index < -0.39 is 0 Å². The zero-order valence-electron chi connectivity index (χ0n) is 15.7. The van der Waals surface area contributed by atoms with Gasteiger partial charge < -0.3 is 10.1 Å². The van der Waals surface area contributed by atoms with Crippen LogP contribution in [0.15, 0.2) is 41.6 Å². The van der Waals surface area contributed by atoms with Crippen molar-refractivity contribution >= 4 is 16.9 Å². The Labute approximate surface area is 156 Å². The predicted molar refractivity (Wildman–Crippen MR) is 102 cm³/mol. The van der Waals surface area contributed by atoms with Crippen LogP contribution in [-0.2, 0) is 24.8 Å². The Morgan fingerprint density at radius 2 is 2.04 bits per heavy atom. The molecule has 0 aliphatic rings. The minimum absolute atomic E-state index is 0.00890. The summed E-state index contributed by atoms with van der Waals surface area (Å²) in [5, 5.41) is 7.35. The molecule has 0 bridgehead atoms. The third-order valence-corrected chi connectivity index (χ3v) is 4.46. The van der Waals surface area contributed by atoms with E-state index in [-0.39, 0.29) is 24.1 Å². The number of nitrogens with zero attached hydrogens (tertiary/aromatic N) is 4. The van der Waals surface area contributed by atoms with Gasteiger partial charge in [-0.3, -0.25) is 18.8 Å². The molecule has 0 radical (unpaired) electrons. The van der Waals surface area contributed by atoms with Crippen LogP contribution in [0.2, 0.25) is 0 Å². The van der Waals surface area contributed by atoms with Gasteiger partial charge in [-0.2, -0.15) is 5.10 Å². The topological polar surface area (TPSA) is 91.0 Å². The zero-order chi connectivity index (χ0) is 19.4. The van der Waals surface area contributed by atoms with Gasteiger partial charge in [0.1, 0.15) is 24.0 Å². The fourth-order valence-corrected chi connectivity index (χ4v) is 2.90. The fourth-order valence-electron chi connectivity index (χ4n) is 2.90. The van der Waals surface area contributed by atoms with E-state index >= 15 is 0 Å². The Morgan fingerprint density at radius 1 is 1.30 bits per heavy atom. The molecule has 142 valence electrons.